The summed E-state index contributed by atoms with van der Waals surface area (Å²) in [6.45, 7) is 5.80. The summed E-state index contributed by atoms with van der Waals surface area (Å²) in [5, 5.41) is 20.2. The lowest BCUT2D eigenvalue weighted by molar-refractivity contribution is -0.370. The Balaban J connectivity index is 1.13. The largest absolute Gasteiger partial charge is 0.394 e. The Hall–Kier alpha value is -1.88. The Morgan fingerprint density at radius 1 is 0.833 bits per heavy atom. The van der Waals surface area contributed by atoms with Crippen LogP contribution in [0.1, 0.15) is 63.5 Å². The monoisotopic (exact) mass is 582 g/mol. The average molecular weight is 583 g/mol. The molecule has 4 heterocycles. The minimum Gasteiger partial charge on any atom is -0.394 e. The normalized spacial score (nSPS) is 39.6. The second kappa shape index (κ2) is 13.0. The summed E-state index contributed by atoms with van der Waals surface area (Å²) < 4.78 is 39.1. The SMILES string of the molecule is C[C@@]12O[C@]3(C)C[C@@H]4O[C@H](CO)[C@@H](O)C[C@H]4O[C@H]3C[C@H]1O[C@@H](CCCOCc1ccccc1)C[C@@H]2OCc1ccccc1. The van der Waals surface area contributed by atoms with Crippen molar-refractivity contribution in [3.05, 3.63) is 71.8 Å². The van der Waals surface area contributed by atoms with Crippen LogP contribution in [-0.4, -0.2) is 83.5 Å². The van der Waals surface area contributed by atoms with E-state index in [1.165, 1.54) is 5.56 Å². The molecular formula is C34H46O8. The minimum absolute atomic E-state index is 0.0265. The van der Waals surface area contributed by atoms with Gasteiger partial charge in [0.15, 0.2) is 0 Å². The van der Waals surface area contributed by atoms with Crippen LogP contribution in [0.2, 0.25) is 0 Å². The molecule has 4 saturated heterocycles. The van der Waals surface area contributed by atoms with Crippen LogP contribution in [0.4, 0.5) is 0 Å². The summed E-state index contributed by atoms with van der Waals surface area (Å²) in [6.07, 6.45) is 1.91. The lowest BCUT2D eigenvalue weighted by Crippen LogP contribution is -2.72. The van der Waals surface area contributed by atoms with E-state index in [0.29, 0.717) is 39.1 Å². The van der Waals surface area contributed by atoms with Gasteiger partial charge in [0, 0.05) is 32.3 Å². The third kappa shape index (κ3) is 6.47. The van der Waals surface area contributed by atoms with Gasteiger partial charge in [0.1, 0.15) is 11.7 Å². The Morgan fingerprint density at radius 2 is 1.55 bits per heavy atom. The molecular weight excluding hydrogens is 536 g/mol. The van der Waals surface area contributed by atoms with Gasteiger partial charge in [0.2, 0.25) is 0 Å². The summed E-state index contributed by atoms with van der Waals surface area (Å²) in [5.41, 5.74) is 1.03. The van der Waals surface area contributed by atoms with E-state index in [0.717, 1.165) is 24.8 Å². The van der Waals surface area contributed by atoms with Gasteiger partial charge in [-0.3, -0.25) is 0 Å². The number of aliphatic hydroxyl groups is 2. The smallest absolute Gasteiger partial charge is 0.119 e. The van der Waals surface area contributed by atoms with Crippen LogP contribution in [0, 0.1) is 0 Å². The van der Waals surface area contributed by atoms with E-state index in [4.69, 9.17) is 28.4 Å². The van der Waals surface area contributed by atoms with Gasteiger partial charge in [0.05, 0.1) is 68.1 Å². The Labute approximate surface area is 249 Å². The zero-order chi connectivity index (χ0) is 29.2. The first-order chi connectivity index (χ1) is 20.4. The van der Waals surface area contributed by atoms with Crippen molar-refractivity contribution in [2.24, 2.45) is 0 Å². The quantitative estimate of drug-likeness (QED) is 0.400. The van der Waals surface area contributed by atoms with Crippen LogP contribution < -0.4 is 0 Å². The average Bonchev–Trinajstić information content (AvgIpc) is 2.99. The summed E-state index contributed by atoms with van der Waals surface area (Å²) in [6, 6.07) is 20.5. The predicted octanol–water partition coefficient (Wildman–Crippen LogP) is 4.33. The summed E-state index contributed by atoms with van der Waals surface area (Å²) in [7, 11) is 0. The topological polar surface area (TPSA) is 95.8 Å². The minimum atomic E-state index is -0.745. The van der Waals surface area contributed by atoms with Gasteiger partial charge in [0.25, 0.3) is 0 Å². The highest BCUT2D eigenvalue weighted by Crippen LogP contribution is 2.51. The van der Waals surface area contributed by atoms with Crippen LogP contribution in [0.5, 0.6) is 0 Å². The second-order valence-electron chi connectivity index (χ2n) is 12.8. The lowest BCUT2D eigenvalue weighted by atomic mass is 9.72. The number of hydrogen-bond acceptors (Lipinski definition) is 8. The first-order valence-corrected chi connectivity index (χ1v) is 15.6. The van der Waals surface area contributed by atoms with Crippen molar-refractivity contribution in [2.75, 3.05) is 13.2 Å². The summed E-state index contributed by atoms with van der Waals surface area (Å²) >= 11 is 0. The maximum atomic E-state index is 10.5. The molecule has 10 atom stereocenters. The van der Waals surface area contributed by atoms with Crippen molar-refractivity contribution in [1.82, 2.24) is 0 Å². The molecule has 2 aromatic carbocycles. The predicted molar refractivity (Wildman–Crippen MR) is 156 cm³/mol. The summed E-state index contributed by atoms with van der Waals surface area (Å²) in [4.78, 5) is 0. The Morgan fingerprint density at radius 3 is 2.26 bits per heavy atom. The van der Waals surface area contributed by atoms with Crippen LogP contribution in [-0.2, 0) is 41.6 Å². The number of ether oxygens (including phenoxy) is 6. The molecule has 4 aliphatic rings. The highest BCUT2D eigenvalue weighted by atomic mass is 16.6. The number of aliphatic hydroxyl groups excluding tert-OH is 2. The highest BCUT2D eigenvalue weighted by molar-refractivity contribution is 5.15. The van der Waals surface area contributed by atoms with E-state index >= 15 is 0 Å². The molecule has 0 saturated carbocycles. The van der Waals surface area contributed by atoms with Crippen LogP contribution >= 0.6 is 0 Å². The van der Waals surface area contributed by atoms with Crippen LogP contribution in [0.15, 0.2) is 60.7 Å². The van der Waals surface area contributed by atoms with E-state index in [9.17, 15) is 10.2 Å². The fraction of sp³-hybridized carbons (Fsp3) is 0.647. The van der Waals surface area contributed by atoms with E-state index in [2.05, 4.69) is 38.1 Å². The molecule has 0 aliphatic carbocycles. The second-order valence-corrected chi connectivity index (χ2v) is 12.8. The molecule has 0 radical (unpaired) electrons. The van der Waals surface area contributed by atoms with Crippen molar-refractivity contribution in [1.29, 1.82) is 0 Å². The van der Waals surface area contributed by atoms with Gasteiger partial charge in [-0.1, -0.05) is 60.7 Å². The Kier molecular flexibility index (Phi) is 9.34. The molecule has 2 N–H and O–H groups in total. The van der Waals surface area contributed by atoms with Gasteiger partial charge in [-0.25, -0.2) is 0 Å². The number of rotatable bonds is 10. The van der Waals surface area contributed by atoms with Crippen LogP contribution in [0.3, 0.4) is 0 Å². The number of fused-ring (bicyclic) bond motifs is 3. The standard InChI is InChI=1S/C34H46O8/c1-33-19-28-27(17-26(36)29(20-35)40-28)41-30(33)18-32-34(2,42-33)31(38-22-24-12-7-4-8-13-24)16-25(39-32)14-9-15-37-21-23-10-5-3-6-11-23/h3-8,10-13,25-32,35-36H,9,14-22H2,1-2H3/t25-,26-,27+,28-,29+,30-,31-,32+,33+,34-/m0/s1. The van der Waals surface area contributed by atoms with Crippen molar-refractivity contribution in [2.45, 2.75) is 126 Å². The van der Waals surface area contributed by atoms with Crippen LogP contribution in [0.25, 0.3) is 0 Å². The molecule has 8 nitrogen and oxygen atoms in total. The van der Waals surface area contributed by atoms with Crippen molar-refractivity contribution < 1.29 is 38.6 Å². The third-order valence-electron chi connectivity index (χ3n) is 9.69. The molecule has 8 heteroatoms. The summed E-state index contributed by atoms with van der Waals surface area (Å²) in [5.74, 6) is 0. The molecule has 0 aromatic heterocycles. The molecule has 230 valence electrons. The lowest BCUT2D eigenvalue weighted by Gasteiger charge is -2.61. The zero-order valence-corrected chi connectivity index (χ0v) is 24.8. The molecule has 6 rings (SSSR count). The van der Waals surface area contributed by atoms with Crippen molar-refractivity contribution >= 4 is 0 Å². The third-order valence-corrected chi connectivity index (χ3v) is 9.69. The first-order valence-electron chi connectivity index (χ1n) is 15.6. The van der Waals surface area contributed by atoms with Gasteiger partial charge in [-0.15, -0.1) is 0 Å². The highest BCUT2D eigenvalue weighted by Gasteiger charge is 2.62. The first kappa shape index (κ1) is 30.2. The number of benzene rings is 2. The molecule has 0 amide bonds. The number of hydrogen-bond donors (Lipinski definition) is 2. The molecule has 4 aliphatic heterocycles. The molecule has 4 fully saturated rings. The zero-order valence-electron chi connectivity index (χ0n) is 24.8. The molecule has 0 bridgehead atoms. The van der Waals surface area contributed by atoms with Crippen molar-refractivity contribution in [3.63, 3.8) is 0 Å². The molecule has 0 unspecified atom stereocenters. The van der Waals surface area contributed by atoms with E-state index < -0.39 is 23.4 Å². The maximum absolute atomic E-state index is 10.5. The van der Waals surface area contributed by atoms with Gasteiger partial charge < -0.3 is 38.6 Å². The fourth-order valence-corrected chi connectivity index (χ4v) is 7.32. The molecule has 0 spiro atoms. The van der Waals surface area contributed by atoms with Gasteiger partial charge in [-0.05, 0) is 37.8 Å². The van der Waals surface area contributed by atoms with Crippen molar-refractivity contribution in [3.8, 4) is 0 Å². The Bertz CT molecular complexity index is 1130. The van der Waals surface area contributed by atoms with Gasteiger partial charge in [-0.2, -0.15) is 0 Å². The van der Waals surface area contributed by atoms with E-state index in [-0.39, 0.29) is 43.2 Å². The van der Waals surface area contributed by atoms with E-state index in [1.54, 1.807) is 0 Å². The molecule has 42 heavy (non-hydrogen) atoms. The van der Waals surface area contributed by atoms with E-state index in [1.807, 2.05) is 36.4 Å². The molecule has 2 aromatic rings. The van der Waals surface area contributed by atoms with Gasteiger partial charge >= 0.3 is 0 Å². The maximum Gasteiger partial charge on any atom is 0.119 e. The fourth-order valence-electron chi connectivity index (χ4n) is 7.32.